The Labute approximate surface area is 110 Å². The van der Waals surface area contributed by atoms with Crippen LogP contribution < -0.4 is 5.32 Å². The van der Waals surface area contributed by atoms with Crippen molar-refractivity contribution in [1.29, 1.82) is 0 Å². The first-order chi connectivity index (χ1) is 8.59. The van der Waals surface area contributed by atoms with Crippen LogP contribution in [0.1, 0.15) is 21.7 Å². The molecule has 2 aromatic heterocycles. The van der Waals surface area contributed by atoms with Crippen molar-refractivity contribution >= 4 is 17.5 Å². The standard InChI is InChI=1S/C12H13ClN4O/c1-8-10(11(13)17(2)16-8)12(18)15-7-9-5-3-4-6-14-9/h3-6H,7H2,1-2H3,(H,15,18). The zero-order valence-corrected chi connectivity index (χ0v) is 10.9. The van der Waals surface area contributed by atoms with E-state index in [1.807, 2.05) is 18.2 Å². The zero-order chi connectivity index (χ0) is 13.1. The van der Waals surface area contributed by atoms with Crippen LogP contribution in [0.25, 0.3) is 0 Å². The number of halogens is 1. The first-order valence-corrected chi connectivity index (χ1v) is 5.84. The van der Waals surface area contributed by atoms with Crippen molar-refractivity contribution in [3.8, 4) is 0 Å². The normalized spacial score (nSPS) is 10.4. The Morgan fingerprint density at radius 2 is 2.28 bits per heavy atom. The molecular formula is C12H13ClN4O. The van der Waals surface area contributed by atoms with Gasteiger partial charge in [-0.1, -0.05) is 17.7 Å². The van der Waals surface area contributed by atoms with Crippen LogP contribution in [-0.2, 0) is 13.6 Å². The number of carbonyl (C=O) groups excluding carboxylic acids is 1. The summed E-state index contributed by atoms with van der Waals surface area (Å²) in [5.74, 6) is -0.240. The lowest BCUT2D eigenvalue weighted by Gasteiger charge is -2.04. The van der Waals surface area contributed by atoms with E-state index in [-0.39, 0.29) is 5.91 Å². The molecule has 0 saturated heterocycles. The average molecular weight is 265 g/mol. The highest BCUT2D eigenvalue weighted by atomic mass is 35.5. The number of amides is 1. The van der Waals surface area contributed by atoms with Gasteiger partial charge in [0.25, 0.3) is 5.91 Å². The van der Waals surface area contributed by atoms with Crippen molar-refractivity contribution in [2.75, 3.05) is 0 Å². The number of hydrogen-bond acceptors (Lipinski definition) is 3. The Kier molecular flexibility index (Phi) is 3.62. The number of aryl methyl sites for hydroxylation is 2. The van der Waals surface area contributed by atoms with E-state index in [0.717, 1.165) is 5.69 Å². The predicted molar refractivity (Wildman–Crippen MR) is 68.4 cm³/mol. The van der Waals surface area contributed by atoms with E-state index in [1.54, 1.807) is 20.2 Å². The molecule has 18 heavy (non-hydrogen) atoms. The van der Waals surface area contributed by atoms with Gasteiger partial charge in [-0.05, 0) is 19.1 Å². The summed E-state index contributed by atoms with van der Waals surface area (Å²) in [6.45, 7) is 2.12. The molecule has 0 bridgehead atoms. The van der Waals surface area contributed by atoms with Gasteiger partial charge in [0.05, 0.1) is 23.5 Å². The zero-order valence-electron chi connectivity index (χ0n) is 10.1. The minimum atomic E-state index is -0.240. The number of nitrogens with one attached hydrogen (secondary N) is 1. The van der Waals surface area contributed by atoms with Crippen molar-refractivity contribution in [2.24, 2.45) is 7.05 Å². The maximum absolute atomic E-state index is 12.0. The van der Waals surface area contributed by atoms with E-state index in [2.05, 4.69) is 15.4 Å². The Balaban J connectivity index is 2.09. The fraction of sp³-hybridized carbons (Fsp3) is 0.250. The fourth-order valence-corrected chi connectivity index (χ4v) is 1.91. The molecule has 0 aliphatic carbocycles. The van der Waals surface area contributed by atoms with Crippen LogP contribution >= 0.6 is 11.6 Å². The summed E-state index contributed by atoms with van der Waals surface area (Å²) in [4.78, 5) is 16.1. The average Bonchev–Trinajstić information content (AvgIpc) is 2.62. The largest absolute Gasteiger partial charge is 0.346 e. The lowest BCUT2D eigenvalue weighted by Crippen LogP contribution is -2.24. The van der Waals surface area contributed by atoms with Crippen LogP contribution in [0.5, 0.6) is 0 Å². The highest BCUT2D eigenvalue weighted by molar-refractivity contribution is 6.33. The van der Waals surface area contributed by atoms with Gasteiger partial charge < -0.3 is 5.32 Å². The van der Waals surface area contributed by atoms with Crippen LogP contribution in [0.3, 0.4) is 0 Å². The van der Waals surface area contributed by atoms with Gasteiger partial charge in [-0.2, -0.15) is 5.10 Å². The number of nitrogens with zero attached hydrogens (tertiary/aromatic N) is 3. The smallest absolute Gasteiger partial charge is 0.256 e. The second-order valence-corrected chi connectivity index (χ2v) is 4.24. The summed E-state index contributed by atoms with van der Waals surface area (Å²) < 4.78 is 1.48. The van der Waals surface area contributed by atoms with Crippen LogP contribution in [0.2, 0.25) is 5.15 Å². The van der Waals surface area contributed by atoms with Gasteiger partial charge in [-0.3, -0.25) is 14.5 Å². The van der Waals surface area contributed by atoms with Gasteiger partial charge in [-0.15, -0.1) is 0 Å². The lowest BCUT2D eigenvalue weighted by molar-refractivity contribution is 0.0950. The van der Waals surface area contributed by atoms with E-state index in [0.29, 0.717) is 23.0 Å². The van der Waals surface area contributed by atoms with Gasteiger partial charge in [0, 0.05) is 13.2 Å². The molecule has 2 rings (SSSR count). The second kappa shape index (κ2) is 5.18. The highest BCUT2D eigenvalue weighted by Crippen LogP contribution is 2.18. The minimum Gasteiger partial charge on any atom is -0.346 e. The Morgan fingerprint density at radius 1 is 1.50 bits per heavy atom. The summed E-state index contributed by atoms with van der Waals surface area (Å²) in [6, 6.07) is 5.54. The SMILES string of the molecule is Cc1nn(C)c(Cl)c1C(=O)NCc1ccccn1. The van der Waals surface area contributed by atoms with Crippen LogP contribution in [-0.4, -0.2) is 20.7 Å². The topological polar surface area (TPSA) is 59.8 Å². The molecule has 0 aliphatic rings. The third-order valence-corrected chi connectivity index (χ3v) is 2.97. The molecule has 0 atom stereocenters. The van der Waals surface area contributed by atoms with Gasteiger partial charge in [0.2, 0.25) is 0 Å². The molecule has 0 saturated carbocycles. The van der Waals surface area contributed by atoms with E-state index in [1.165, 1.54) is 4.68 Å². The second-order valence-electron chi connectivity index (χ2n) is 3.88. The van der Waals surface area contributed by atoms with Crippen molar-refractivity contribution < 1.29 is 4.79 Å². The molecule has 0 aromatic carbocycles. The van der Waals surface area contributed by atoms with Crippen molar-refractivity contribution in [3.63, 3.8) is 0 Å². The van der Waals surface area contributed by atoms with Gasteiger partial charge >= 0.3 is 0 Å². The molecule has 2 heterocycles. The molecule has 0 unspecified atom stereocenters. The Hall–Kier alpha value is -1.88. The maximum atomic E-state index is 12.0. The van der Waals surface area contributed by atoms with Gasteiger partial charge in [-0.25, -0.2) is 0 Å². The van der Waals surface area contributed by atoms with Crippen molar-refractivity contribution in [3.05, 3.63) is 46.5 Å². The third-order valence-electron chi connectivity index (χ3n) is 2.54. The first kappa shape index (κ1) is 12.6. The predicted octanol–water partition coefficient (Wildman–Crippen LogP) is 1.71. The first-order valence-electron chi connectivity index (χ1n) is 5.47. The Bertz CT molecular complexity index is 565. The number of pyridine rings is 1. The monoisotopic (exact) mass is 264 g/mol. The minimum absolute atomic E-state index is 0.240. The Morgan fingerprint density at radius 3 is 2.83 bits per heavy atom. The molecule has 0 radical (unpaired) electrons. The van der Waals surface area contributed by atoms with E-state index in [9.17, 15) is 4.79 Å². The number of rotatable bonds is 3. The molecule has 0 fully saturated rings. The van der Waals surface area contributed by atoms with Gasteiger partial charge in [0.15, 0.2) is 0 Å². The lowest BCUT2D eigenvalue weighted by atomic mass is 10.2. The van der Waals surface area contributed by atoms with Crippen LogP contribution in [0.15, 0.2) is 24.4 Å². The molecule has 0 spiro atoms. The molecule has 94 valence electrons. The fourth-order valence-electron chi connectivity index (χ4n) is 1.65. The number of hydrogen-bond donors (Lipinski definition) is 1. The van der Waals surface area contributed by atoms with Crippen LogP contribution in [0, 0.1) is 6.92 Å². The quantitative estimate of drug-likeness (QED) is 0.918. The molecule has 1 amide bonds. The molecule has 0 aliphatic heterocycles. The van der Waals surface area contributed by atoms with Gasteiger partial charge in [0.1, 0.15) is 5.15 Å². The number of aromatic nitrogens is 3. The summed E-state index contributed by atoms with van der Waals surface area (Å²) in [6.07, 6.45) is 1.68. The van der Waals surface area contributed by atoms with E-state index in [4.69, 9.17) is 11.6 Å². The highest BCUT2D eigenvalue weighted by Gasteiger charge is 2.18. The molecule has 1 N–H and O–H groups in total. The molecular weight excluding hydrogens is 252 g/mol. The summed E-state index contributed by atoms with van der Waals surface area (Å²) in [5, 5.41) is 7.20. The van der Waals surface area contributed by atoms with E-state index >= 15 is 0 Å². The van der Waals surface area contributed by atoms with E-state index < -0.39 is 0 Å². The number of carbonyl (C=O) groups is 1. The van der Waals surface area contributed by atoms with Crippen LogP contribution in [0.4, 0.5) is 0 Å². The summed E-state index contributed by atoms with van der Waals surface area (Å²) in [5.41, 5.74) is 1.82. The molecule has 2 aromatic rings. The van der Waals surface area contributed by atoms with Crippen molar-refractivity contribution in [2.45, 2.75) is 13.5 Å². The molecule has 5 nitrogen and oxygen atoms in total. The summed E-state index contributed by atoms with van der Waals surface area (Å²) >= 11 is 6.01. The van der Waals surface area contributed by atoms with Crippen molar-refractivity contribution in [1.82, 2.24) is 20.1 Å². The third kappa shape index (κ3) is 2.51. The summed E-state index contributed by atoms with van der Waals surface area (Å²) in [7, 11) is 1.70. The maximum Gasteiger partial charge on any atom is 0.256 e. The molecule has 6 heteroatoms.